The number of nitrogens with zero attached hydrogens (tertiary/aromatic N) is 4. The average molecular weight is 396 g/mol. The van der Waals surface area contributed by atoms with Crippen LogP contribution in [0.15, 0.2) is 42.5 Å². The predicted molar refractivity (Wildman–Crippen MR) is 108 cm³/mol. The van der Waals surface area contributed by atoms with Gasteiger partial charge in [-0.1, -0.05) is 41.7 Å². The minimum Gasteiger partial charge on any atom is -0.493 e. The second kappa shape index (κ2) is 7.85. The molecule has 28 heavy (non-hydrogen) atoms. The number of hydrogen-bond acceptors (Lipinski definition) is 7. The summed E-state index contributed by atoms with van der Waals surface area (Å²) in [5.41, 5.74) is 2.08. The molecule has 0 bridgehead atoms. The summed E-state index contributed by atoms with van der Waals surface area (Å²) >= 11 is 1.55. The summed E-state index contributed by atoms with van der Waals surface area (Å²) in [4.78, 5) is 0.756. The van der Waals surface area contributed by atoms with Crippen molar-refractivity contribution in [1.82, 2.24) is 19.8 Å². The van der Waals surface area contributed by atoms with Gasteiger partial charge in [0.25, 0.3) is 0 Å². The van der Waals surface area contributed by atoms with Gasteiger partial charge in [0.05, 0.1) is 21.3 Å². The van der Waals surface area contributed by atoms with Crippen molar-refractivity contribution in [1.29, 1.82) is 0 Å². The summed E-state index contributed by atoms with van der Waals surface area (Å²) < 4.78 is 18.0. The third-order valence-corrected chi connectivity index (χ3v) is 5.38. The minimum absolute atomic E-state index is 0.538. The number of fused-ring (bicyclic) bond motifs is 1. The standard InChI is InChI=1S/C20H20N4O3S/c1-25-15-11-14(12-16(26-2)18(15)27-3)19-21-22-20-24(19)23-17(28-20)10-9-13-7-5-4-6-8-13/h4-8,11-12H,9-10H2,1-3H3. The lowest BCUT2D eigenvalue weighted by molar-refractivity contribution is 0.324. The summed E-state index contributed by atoms with van der Waals surface area (Å²) in [6.07, 6.45) is 1.79. The fourth-order valence-electron chi connectivity index (χ4n) is 3.04. The second-order valence-electron chi connectivity index (χ2n) is 6.11. The first-order chi connectivity index (χ1) is 13.7. The van der Waals surface area contributed by atoms with E-state index in [0.717, 1.165) is 28.4 Å². The van der Waals surface area contributed by atoms with Crippen molar-refractivity contribution in [3.8, 4) is 28.6 Å². The SMILES string of the molecule is COc1cc(-c2nnc3sc(CCc4ccccc4)nn23)cc(OC)c1OC. The number of rotatable bonds is 7. The van der Waals surface area contributed by atoms with Crippen LogP contribution in [-0.2, 0) is 12.8 Å². The lowest BCUT2D eigenvalue weighted by Crippen LogP contribution is -1.98. The molecule has 7 nitrogen and oxygen atoms in total. The highest BCUT2D eigenvalue weighted by Gasteiger charge is 2.19. The van der Waals surface area contributed by atoms with E-state index in [1.165, 1.54) is 5.56 Å². The van der Waals surface area contributed by atoms with Crippen LogP contribution in [0.4, 0.5) is 0 Å². The molecule has 8 heteroatoms. The topological polar surface area (TPSA) is 70.8 Å². The monoisotopic (exact) mass is 396 g/mol. The molecule has 2 heterocycles. The predicted octanol–water partition coefficient (Wildman–Crippen LogP) is 3.66. The summed E-state index contributed by atoms with van der Waals surface area (Å²) in [6, 6.07) is 14.1. The molecule has 0 radical (unpaired) electrons. The molecule has 2 aromatic heterocycles. The normalized spacial score (nSPS) is 11.0. The zero-order valence-corrected chi connectivity index (χ0v) is 16.7. The smallest absolute Gasteiger partial charge is 0.234 e. The van der Waals surface area contributed by atoms with Crippen LogP contribution in [0.25, 0.3) is 16.3 Å². The number of ether oxygens (including phenoxy) is 3. The molecule has 2 aromatic carbocycles. The van der Waals surface area contributed by atoms with Crippen molar-refractivity contribution in [3.63, 3.8) is 0 Å². The van der Waals surface area contributed by atoms with E-state index in [4.69, 9.17) is 19.3 Å². The van der Waals surface area contributed by atoms with Crippen LogP contribution in [0.3, 0.4) is 0 Å². The molecule has 0 aliphatic carbocycles. The van der Waals surface area contributed by atoms with E-state index >= 15 is 0 Å². The maximum Gasteiger partial charge on any atom is 0.234 e. The van der Waals surface area contributed by atoms with Crippen LogP contribution in [0.5, 0.6) is 17.2 Å². The van der Waals surface area contributed by atoms with Crippen molar-refractivity contribution in [2.45, 2.75) is 12.8 Å². The van der Waals surface area contributed by atoms with E-state index in [2.05, 4.69) is 34.5 Å². The minimum atomic E-state index is 0.538. The fraction of sp³-hybridized carbons (Fsp3) is 0.250. The van der Waals surface area contributed by atoms with Gasteiger partial charge < -0.3 is 14.2 Å². The average Bonchev–Trinajstić information content (AvgIpc) is 3.32. The Kier molecular flexibility index (Phi) is 5.12. The van der Waals surface area contributed by atoms with Gasteiger partial charge in [0.15, 0.2) is 17.3 Å². The van der Waals surface area contributed by atoms with Crippen LogP contribution < -0.4 is 14.2 Å². The first-order valence-corrected chi connectivity index (χ1v) is 9.60. The lowest BCUT2D eigenvalue weighted by atomic mass is 10.1. The van der Waals surface area contributed by atoms with Gasteiger partial charge in [-0.2, -0.15) is 9.61 Å². The molecule has 0 amide bonds. The first-order valence-electron chi connectivity index (χ1n) is 8.79. The van der Waals surface area contributed by atoms with E-state index < -0.39 is 0 Å². The molecule has 0 fully saturated rings. The number of benzene rings is 2. The Morgan fingerprint density at radius 3 is 2.25 bits per heavy atom. The molecule has 144 valence electrons. The van der Waals surface area contributed by atoms with Crippen LogP contribution in [0.1, 0.15) is 10.6 Å². The zero-order chi connectivity index (χ0) is 19.5. The van der Waals surface area contributed by atoms with Crippen LogP contribution >= 0.6 is 11.3 Å². The molecule has 0 aliphatic heterocycles. The van der Waals surface area contributed by atoms with Crippen molar-refractivity contribution in [3.05, 3.63) is 53.0 Å². The first kappa shape index (κ1) is 18.2. The Morgan fingerprint density at radius 2 is 1.61 bits per heavy atom. The largest absolute Gasteiger partial charge is 0.493 e. The maximum atomic E-state index is 5.44. The second-order valence-corrected chi connectivity index (χ2v) is 7.15. The lowest BCUT2D eigenvalue weighted by Gasteiger charge is -2.13. The molecule has 0 unspecified atom stereocenters. The highest BCUT2D eigenvalue weighted by Crippen LogP contribution is 2.40. The van der Waals surface area contributed by atoms with E-state index in [-0.39, 0.29) is 0 Å². The molecule has 0 atom stereocenters. The Hall–Kier alpha value is -3.13. The van der Waals surface area contributed by atoms with Gasteiger partial charge >= 0.3 is 0 Å². The number of aromatic nitrogens is 4. The highest BCUT2D eigenvalue weighted by molar-refractivity contribution is 7.16. The molecule has 0 saturated heterocycles. The quantitative estimate of drug-likeness (QED) is 0.475. The zero-order valence-electron chi connectivity index (χ0n) is 15.9. The van der Waals surface area contributed by atoms with Crippen molar-refractivity contribution >= 4 is 16.3 Å². The van der Waals surface area contributed by atoms with Gasteiger partial charge in [-0.05, 0) is 24.1 Å². The third kappa shape index (κ3) is 3.38. The number of aryl methyl sites for hydroxylation is 2. The van der Waals surface area contributed by atoms with E-state index in [1.54, 1.807) is 37.2 Å². The van der Waals surface area contributed by atoms with Crippen LogP contribution in [-0.4, -0.2) is 41.1 Å². The third-order valence-electron chi connectivity index (χ3n) is 4.43. The van der Waals surface area contributed by atoms with Gasteiger partial charge in [-0.3, -0.25) is 0 Å². The molecular weight excluding hydrogens is 376 g/mol. The van der Waals surface area contributed by atoms with Gasteiger partial charge in [0.2, 0.25) is 10.7 Å². The Bertz CT molecular complexity index is 1070. The molecule has 4 rings (SSSR count). The molecule has 4 aromatic rings. The van der Waals surface area contributed by atoms with E-state index in [1.807, 2.05) is 18.2 Å². The number of hydrogen-bond donors (Lipinski definition) is 0. The summed E-state index contributed by atoms with van der Waals surface area (Å²) in [6.45, 7) is 0. The Morgan fingerprint density at radius 1 is 0.893 bits per heavy atom. The van der Waals surface area contributed by atoms with Crippen molar-refractivity contribution < 1.29 is 14.2 Å². The number of methoxy groups -OCH3 is 3. The van der Waals surface area contributed by atoms with Crippen LogP contribution in [0.2, 0.25) is 0 Å². The summed E-state index contributed by atoms with van der Waals surface area (Å²) in [7, 11) is 4.75. The summed E-state index contributed by atoms with van der Waals surface area (Å²) in [5.74, 6) is 2.30. The molecule has 0 N–H and O–H groups in total. The maximum absolute atomic E-state index is 5.44. The van der Waals surface area contributed by atoms with Gasteiger partial charge in [0, 0.05) is 12.0 Å². The molecule has 0 saturated carbocycles. The molecule has 0 aliphatic rings. The van der Waals surface area contributed by atoms with Gasteiger partial charge in [0.1, 0.15) is 5.01 Å². The highest BCUT2D eigenvalue weighted by atomic mass is 32.1. The fourth-order valence-corrected chi connectivity index (χ4v) is 3.88. The Balaban J connectivity index is 1.67. The molecular formula is C20H20N4O3S. The Labute approximate surface area is 166 Å². The van der Waals surface area contributed by atoms with E-state index in [9.17, 15) is 0 Å². The van der Waals surface area contributed by atoms with Crippen LogP contribution in [0, 0.1) is 0 Å². The van der Waals surface area contributed by atoms with Gasteiger partial charge in [-0.15, -0.1) is 10.2 Å². The van der Waals surface area contributed by atoms with Gasteiger partial charge in [-0.25, -0.2) is 0 Å². The summed E-state index contributed by atoms with van der Waals surface area (Å²) in [5, 5.41) is 14.3. The van der Waals surface area contributed by atoms with E-state index in [0.29, 0.717) is 23.1 Å². The van der Waals surface area contributed by atoms with Crippen molar-refractivity contribution in [2.75, 3.05) is 21.3 Å². The van der Waals surface area contributed by atoms with Crippen molar-refractivity contribution in [2.24, 2.45) is 0 Å². The molecule has 0 spiro atoms.